The Morgan fingerprint density at radius 2 is 2.06 bits per heavy atom. The van der Waals surface area contributed by atoms with Gasteiger partial charge in [-0.2, -0.15) is 0 Å². The van der Waals surface area contributed by atoms with Crippen molar-refractivity contribution in [3.8, 4) is 5.75 Å². The standard InChI is InChI=1S/C12H14O6/c1-18-10(14)5-3-7-6-8(2-4-9(7)13)11(15)12(16)17/h2,4,6,11,13,15H,3,5H2,1H3,(H,16,17). The lowest BCUT2D eigenvalue weighted by atomic mass is 10.0. The topological polar surface area (TPSA) is 104 Å². The number of aliphatic hydroxyl groups excluding tert-OH is 1. The maximum absolute atomic E-state index is 11.0. The number of methoxy groups -OCH3 is 1. The van der Waals surface area contributed by atoms with Crippen molar-refractivity contribution in [2.24, 2.45) is 0 Å². The van der Waals surface area contributed by atoms with Gasteiger partial charge in [-0.15, -0.1) is 0 Å². The van der Waals surface area contributed by atoms with Gasteiger partial charge in [0, 0.05) is 6.42 Å². The third kappa shape index (κ3) is 3.46. The average Bonchev–Trinajstić information content (AvgIpc) is 2.36. The molecule has 0 aliphatic heterocycles. The van der Waals surface area contributed by atoms with E-state index in [9.17, 15) is 19.8 Å². The van der Waals surface area contributed by atoms with E-state index in [1.54, 1.807) is 0 Å². The number of aromatic hydroxyl groups is 1. The quantitative estimate of drug-likeness (QED) is 0.665. The smallest absolute Gasteiger partial charge is 0.337 e. The highest BCUT2D eigenvalue weighted by Crippen LogP contribution is 2.23. The summed E-state index contributed by atoms with van der Waals surface area (Å²) >= 11 is 0. The lowest BCUT2D eigenvalue weighted by Gasteiger charge is -2.09. The molecule has 0 aromatic heterocycles. The number of carboxylic acids is 1. The number of carboxylic acid groups (broad SMARTS) is 1. The summed E-state index contributed by atoms with van der Waals surface area (Å²) in [6, 6.07) is 3.96. The van der Waals surface area contributed by atoms with E-state index in [2.05, 4.69) is 4.74 Å². The Labute approximate surface area is 103 Å². The molecule has 0 fully saturated rings. The van der Waals surface area contributed by atoms with Crippen molar-refractivity contribution >= 4 is 11.9 Å². The van der Waals surface area contributed by atoms with Crippen LogP contribution in [0.15, 0.2) is 18.2 Å². The van der Waals surface area contributed by atoms with Crippen LogP contribution in [0.3, 0.4) is 0 Å². The number of esters is 1. The number of carbonyl (C=O) groups is 2. The van der Waals surface area contributed by atoms with Gasteiger partial charge in [-0.1, -0.05) is 6.07 Å². The molecule has 3 N–H and O–H groups in total. The van der Waals surface area contributed by atoms with E-state index in [4.69, 9.17) is 5.11 Å². The van der Waals surface area contributed by atoms with Gasteiger partial charge in [-0.3, -0.25) is 4.79 Å². The number of phenols is 1. The van der Waals surface area contributed by atoms with E-state index in [0.717, 1.165) is 0 Å². The first-order chi connectivity index (χ1) is 8.45. The molecule has 0 amide bonds. The van der Waals surface area contributed by atoms with Crippen LogP contribution in [0, 0.1) is 0 Å². The number of benzene rings is 1. The normalized spacial score (nSPS) is 11.9. The van der Waals surface area contributed by atoms with Crippen LogP contribution in [-0.2, 0) is 20.7 Å². The summed E-state index contributed by atoms with van der Waals surface area (Å²) < 4.78 is 4.46. The first kappa shape index (κ1) is 14.0. The van der Waals surface area contributed by atoms with Crippen molar-refractivity contribution in [2.75, 3.05) is 7.11 Å². The van der Waals surface area contributed by atoms with Crippen molar-refractivity contribution in [1.29, 1.82) is 0 Å². The SMILES string of the molecule is COC(=O)CCc1cc(C(O)C(=O)O)ccc1O. The summed E-state index contributed by atoms with van der Waals surface area (Å²) in [4.78, 5) is 21.6. The highest BCUT2D eigenvalue weighted by Gasteiger charge is 2.17. The van der Waals surface area contributed by atoms with E-state index in [1.165, 1.54) is 25.3 Å². The predicted octanol–water partition coefficient (Wildman–Crippen LogP) is 0.616. The van der Waals surface area contributed by atoms with Crippen molar-refractivity contribution in [2.45, 2.75) is 18.9 Å². The highest BCUT2D eigenvalue weighted by molar-refractivity contribution is 5.74. The number of ether oxygens (including phenoxy) is 1. The van der Waals surface area contributed by atoms with E-state index >= 15 is 0 Å². The molecule has 1 rings (SSSR count). The van der Waals surface area contributed by atoms with Gasteiger partial charge >= 0.3 is 11.9 Å². The Hall–Kier alpha value is -2.08. The molecule has 1 aromatic carbocycles. The van der Waals surface area contributed by atoms with Gasteiger partial charge in [-0.25, -0.2) is 4.79 Å². The third-order valence-corrected chi connectivity index (χ3v) is 2.48. The molecule has 0 aliphatic rings. The zero-order valence-corrected chi connectivity index (χ0v) is 9.79. The zero-order chi connectivity index (χ0) is 13.7. The minimum absolute atomic E-state index is 0.0553. The van der Waals surface area contributed by atoms with E-state index in [1.807, 2.05) is 0 Å². The Morgan fingerprint density at radius 3 is 2.61 bits per heavy atom. The third-order valence-electron chi connectivity index (χ3n) is 2.48. The maximum Gasteiger partial charge on any atom is 0.337 e. The number of aryl methyl sites for hydroxylation is 1. The zero-order valence-electron chi connectivity index (χ0n) is 9.79. The monoisotopic (exact) mass is 254 g/mol. The Balaban J connectivity index is 2.87. The van der Waals surface area contributed by atoms with Crippen LogP contribution in [0.1, 0.15) is 23.7 Å². The summed E-state index contributed by atoms with van der Waals surface area (Å²) in [5.74, 6) is -1.86. The van der Waals surface area contributed by atoms with Gasteiger partial charge in [0.15, 0.2) is 6.10 Å². The number of hydrogen-bond acceptors (Lipinski definition) is 5. The summed E-state index contributed by atoms with van der Waals surface area (Å²) in [6.45, 7) is 0. The van der Waals surface area contributed by atoms with Crippen molar-refractivity contribution in [3.05, 3.63) is 29.3 Å². The molecule has 0 saturated carbocycles. The summed E-state index contributed by atoms with van der Waals surface area (Å²) in [5, 5.41) is 27.6. The van der Waals surface area contributed by atoms with E-state index in [-0.39, 0.29) is 24.2 Å². The highest BCUT2D eigenvalue weighted by atomic mass is 16.5. The first-order valence-electron chi connectivity index (χ1n) is 5.25. The maximum atomic E-state index is 11.0. The van der Waals surface area contributed by atoms with Crippen LogP contribution in [0.5, 0.6) is 5.75 Å². The molecule has 0 saturated heterocycles. The van der Waals surface area contributed by atoms with Crippen LogP contribution in [0.2, 0.25) is 0 Å². The number of aliphatic hydroxyl groups is 1. The molecule has 1 aromatic rings. The minimum atomic E-state index is -1.65. The lowest BCUT2D eigenvalue weighted by molar-refractivity contribution is -0.147. The van der Waals surface area contributed by atoms with Crippen molar-refractivity contribution in [1.82, 2.24) is 0 Å². The molecule has 6 heteroatoms. The van der Waals surface area contributed by atoms with Crippen LogP contribution >= 0.6 is 0 Å². The van der Waals surface area contributed by atoms with Crippen molar-refractivity contribution < 1.29 is 29.6 Å². The molecule has 6 nitrogen and oxygen atoms in total. The molecule has 0 aliphatic carbocycles. The number of hydrogen-bond donors (Lipinski definition) is 3. The molecule has 0 heterocycles. The second kappa shape index (κ2) is 6.02. The number of rotatable bonds is 5. The molecular formula is C12H14O6. The Morgan fingerprint density at radius 1 is 1.39 bits per heavy atom. The number of aliphatic carboxylic acids is 1. The van der Waals surface area contributed by atoms with Gasteiger partial charge in [0.05, 0.1) is 7.11 Å². The number of carbonyl (C=O) groups excluding carboxylic acids is 1. The van der Waals surface area contributed by atoms with E-state index < -0.39 is 18.0 Å². The lowest BCUT2D eigenvalue weighted by Crippen LogP contribution is -2.11. The summed E-state index contributed by atoms with van der Waals surface area (Å²) in [7, 11) is 1.26. The molecule has 18 heavy (non-hydrogen) atoms. The van der Waals surface area contributed by atoms with Crippen molar-refractivity contribution in [3.63, 3.8) is 0 Å². The van der Waals surface area contributed by atoms with Gasteiger partial charge in [-0.05, 0) is 29.7 Å². The molecule has 0 radical (unpaired) electrons. The van der Waals surface area contributed by atoms with Gasteiger partial charge in [0.25, 0.3) is 0 Å². The summed E-state index contributed by atoms with van der Waals surface area (Å²) in [5.41, 5.74) is 0.540. The molecule has 98 valence electrons. The van der Waals surface area contributed by atoms with Crippen LogP contribution < -0.4 is 0 Å². The average molecular weight is 254 g/mol. The van der Waals surface area contributed by atoms with Gasteiger partial charge in [0.2, 0.25) is 0 Å². The fourth-order valence-corrected chi connectivity index (χ4v) is 1.46. The first-order valence-corrected chi connectivity index (χ1v) is 5.25. The second-order valence-electron chi connectivity index (χ2n) is 3.71. The predicted molar refractivity (Wildman–Crippen MR) is 61.0 cm³/mol. The summed E-state index contributed by atoms with van der Waals surface area (Å²) in [6.07, 6.45) is -1.38. The second-order valence-corrected chi connectivity index (χ2v) is 3.71. The molecule has 0 bridgehead atoms. The van der Waals surface area contributed by atoms with Gasteiger partial charge < -0.3 is 20.1 Å². The molecule has 1 unspecified atom stereocenters. The van der Waals surface area contributed by atoms with Crippen LogP contribution in [0.4, 0.5) is 0 Å². The van der Waals surface area contributed by atoms with Crippen LogP contribution in [0.25, 0.3) is 0 Å². The molecular weight excluding hydrogens is 240 g/mol. The minimum Gasteiger partial charge on any atom is -0.508 e. The number of phenolic OH excluding ortho intramolecular Hbond substituents is 1. The fraction of sp³-hybridized carbons (Fsp3) is 0.333. The van der Waals surface area contributed by atoms with Crippen LogP contribution in [-0.4, -0.2) is 34.4 Å². The fourth-order valence-electron chi connectivity index (χ4n) is 1.46. The molecule has 1 atom stereocenters. The Bertz CT molecular complexity index is 454. The Kier molecular flexibility index (Phi) is 4.67. The van der Waals surface area contributed by atoms with Gasteiger partial charge in [0.1, 0.15) is 5.75 Å². The molecule has 0 spiro atoms. The van der Waals surface area contributed by atoms with E-state index in [0.29, 0.717) is 5.56 Å². The largest absolute Gasteiger partial charge is 0.508 e.